The second kappa shape index (κ2) is 12.6. The molecule has 0 aliphatic heterocycles. The fraction of sp³-hybridized carbons (Fsp3) is 0.185. The first-order valence-corrected chi connectivity index (χ1v) is 12.7. The highest BCUT2D eigenvalue weighted by atomic mass is 32.2. The Hall–Kier alpha value is -4.52. The van der Waals surface area contributed by atoms with Crippen molar-refractivity contribution in [2.45, 2.75) is 11.3 Å². The number of carbonyl (C=O) groups excluding carboxylic acids is 1. The van der Waals surface area contributed by atoms with E-state index in [1.165, 1.54) is 39.7 Å². The number of amides is 1. The summed E-state index contributed by atoms with van der Waals surface area (Å²) in [6, 6.07) is 17.3. The predicted molar refractivity (Wildman–Crippen MR) is 144 cm³/mol. The minimum absolute atomic E-state index is 0.0510. The van der Waals surface area contributed by atoms with Gasteiger partial charge in [-0.25, -0.2) is 5.43 Å². The molecule has 4 rings (SSSR count). The molecule has 1 heterocycles. The molecule has 1 N–H and O–H groups in total. The molecule has 0 saturated heterocycles. The maximum atomic E-state index is 12.7. The van der Waals surface area contributed by atoms with E-state index in [-0.39, 0.29) is 5.75 Å². The number of carbonyl (C=O) groups is 1. The quantitative estimate of drug-likeness (QED) is 0.158. The van der Waals surface area contributed by atoms with Crippen LogP contribution < -0.4 is 19.6 Å². The number of hydrogen-bond donors (Lipinski definition) is 1. The molecule has 40 heavy (non-hydrogen) atoms. The number of hydrazone groups is 1. The first-order valence-electron chi connectivity index (χ1n) is 11.7. The van der Waals surface area contributed by atoms with E-state index in [1.807, 2.05) is 30.3 Å². The zero-order valence-electron chi connectivity index (χ0n) is 21.6. The van der Waals surface area contributed by atoms with E-state index in [2.05, 4.69) is 20.7 Å². The van der Waals surface area contributed by atoms with Crippen LogP contribution in [0.25, 0.3) is 17.1 Å². The zero-order chi connectivity index (χ0) is 28.7. The molecule has 0 aliphatic rings. The number of methoxy groups -OCH3 is 3. The third kappa shape index (κ3) is 6.54. The van der Waals surface area contributed by atoms with Crippen LogP contribution in [0.1, 0.15) is 11.1 Å². The van der Waals surface area contributed by atoms with E-state index in [4.69, 9.17) is 14.2 Å². The van der Waals surface area contributed by atoms with Gasteiger partial charge in [0.25, 0.3) is 5.91 Å². The van der Waals surface area contributed by atoms with E-state index >= 15 is 0 Å². The van der Waals surface area contributed by atoms with Crippen LogP contribution in [-0.4, -0.2) is 54.0 Å². The summed E-state index contributed by atoms with van der Waals surface area (Å²) >= 11 is 1.14. The smallest absolute Gasteiger partial charge is 0.416 e. The number of halogens is 3. The predicted octanol–water partition coefficient (Wildman–Crippen LogP) is 5.22. The Kier molecular flexibility index (Phi) is 8.94. The van der Waals surface area contributed by atoms with Crippen LogP contribution in [0, 0.1) is 0 Å². The Labute approximate surface area is 232 Å². The maximum Gasteiger partial charge on any atom is 0.416 e. The van der Waals surface area contributed by atoms with Crippen molar-refractivity contribution in [1.29, 1.82) is 0 Å². The Morgan fingerprint density at radius 3 is 2.20 bits per heavy atom. The summed E-state index contributed by atoms with van der Waals surface area (Å²) in [6.07, 6.45) is -3.16. The molecule has 1 amide bonds. The molecule has 9 nitrogen and oxygen atoms in total. The van der Waals surface area contributed by atoms with Crippen LogP contribution in [0.15, 0.2) is 77.0 Å². The number of aromatic nitrogens is 3. The number of hydrogen-bond acceptors (Lipinski definition) is 8. The molecule has 0 bridgehead atoms. The van der Waals surface area contributed by atoms with Gasteiger partial charge in [-0.1, -0.05) is 42.1 Å². The third-order valence-corrected chi connectivity index (χ3v) is 6.47. The molecule has 0 spiro atoms. The molecule has 0 saturated carbocycles. The molecule has 13 heteroatoms. The summed E-state index contributed by atoms with van der Waals surface area (Å²) < 4.78 is 56.3. The highest BCUT2D eigenvalue weighted by Gasteiger charge is 2.29. The van der Waals surface area contributed by atoms with E-state index in [9.17, 15) is 18.0 Å². The lowest BCUT2D eigenvalue weighted by Crippen LogP contribution is -2.20. The second-order valence-electron chi connectivity index (χ2n) is 8.09. The van der Waals surface area contributed by atoms with Gasteiger partial charge in [-0.15, -0.1) is 10.2 Å². The molecule has 0 radical (unpaired) electrons. The first kappa shape index (κ1) is 28.5. The molecule has 0 atom stereocenters. The van der Waals surface area contributed by atoms with Gasteiger partial charge in [-0.3, -0.25) is 9.36 Å². The number of nitrogens with one attached hydrogen (secondary N) is 1. The monoisotopic (exact) mass is 571 g/mol. The van der Waals surface area contributed by atoms with Gasteiger partial charge in [0.1, 0.15) is 0 Å². The van der Waals surface area contributed by atoms with Crippen LogP contribution in [-0.2, 0) is 11.0 Å². The molecule has 0 fully saturated rings. The van der Waals surface area contributed by atoms with Crippen LogP contribution in [0.3, 0.4) is 0 Å². The Morgan fingerprint density at radius 2 is 1.62 bits per heavy atom. The molecular weight excluding hydrogens is 547 g/mol. The standard InChI is InChI=1S/C27H24F3N5O4S/c1-37-21-13-18(14-22(38-2)24(21)39-3)25-33-34-26(35(25)20-7-5-4-6-8-20)40-16-23(36)32-31-15-17-9-11-19(12-10-17)27(28,29)30/h4-15H,16H2,1-3H3,(H,32,36). The summed E-state index contributed by atoms with van der Waals surface area (Å²) in [6.45, 7) is 0. The molecular formula is C27H24F3N5O4S. The molecule has 208 valence electrons. The number of thioether (sulfide) groups is 1. The molecule has 0 unspecified atom stereocenters. The van der Waals surface area contributed by atoms with Crippen LogP contribution in [0.4, 0.5) is 13.2 Å². The van der Waals surface area contributed by atoms with Crippen molar-refractivity contribution in [3.63, 3.8) is 0 Å². The number of rotatable bonds is 10. The van der Waals surface area contributed by atoms with Crippen molar-refractivity contribution in [3.05, 3.63) is 77.9 Å². The summed E-state index contributed by atoms with van der Waals surface area (Å²) in [5.41, 5.74) is 3.41. The van der Waals surface area contributed by atoms with Gasteiger partial charge < -0.3 is 14.2 Å². The van der Waals surface area contributed by atoms with Gasteiger partial charge in [0, 0.05) is 11.3 Å². The SMILES string of the molecule is COc1cc(-c2nnc(SCC(=O)NN=Cc3ccc(C(F)(F)F)cc3)n2-c2ccccc2)cc(OC)c1OC. The molecule has 3 aromatic carbocycles. The van der Waals surface area contributed by atoms with Crippen molar-refractivity contribution in [2.24, 2.45) is 5.10 Å². The Bertz CT molecular complexity index is 1470. The van der Waals surface area contributed by atoms with Gasteiger partial charge in [0.15, 0.2) is 22.5 Å². The maximum absolute atomic E-state index is 12.7. The number of nitrogens with zero attached hydrogens (tertiary/aromatic N) is 4. The fourth-order valence-corrected chi connectivity index (χ4v) is 4.41. The number of alkyl halides is 3. The lowest BCUT2D eigenvalue weighted by molar-refractivity contribution is -0.137. The number of benzene rings is 3. The second-order valence-corrected chi connectivity index (χ2v) is 9.04. The lowest BCUT2D eigenvalue weighted by atomic mass is 10.1. The van der Waals surface area contributed by atoms with Crippen molar-refractivity contribution in [2.75, 3.05) is 27.1 Å². The van der Waals surface area contributed by atoms with Gasteiger partial charge in [0.05, 0.1) is 38.9 Å². The highest BCUT2D eigenvalue weighted by Crippen LogP contribution is 2.41. The van der Waals surface area contributed by atoms with Crippen molar-refractivity contribution in [3.8, 4) is 34.3 Å². The van der Waals surface area contributed by atoms with E-state index < -0.39 is 17.6 Å². The topological polar surface area (TPSA) is 99.9 Å². The van der Waals surface area contributed by atoms with Crippen molar-refractivity contribution < 1.29 is 32.2 Å². The molecule has 1 aromatic heterocycles. The van der Waals surface area contributed by atoms with E-state index in [0.717, 1.165) is 29.6 Å². The van der Waals surface area contributed by atoms with Gasteiger partial charge in [-0.2, -0.15) is 18.3 Å². The fourth-order valence-electron chi connectivity index (χ4n) is 3.67. The average Bonchev–Trinajstić information content (AvgIpc) is 3.39. The largest absolute Gasteiger partial charge is 0.493 e. The van der Waals surface area contributed by atoms with Crippen molar-refractivity contribution in [1.82, 2.24) is 20.2 Å². The van der Waals surface area contributed by atoms with E-state index in [0.29, 0.717) is 39.4 Å². The third-order valence-electron chi connectivity index (χ3n) is 5.54. The van der Waals surface area contributed by atoms with Gasteiger partial charge >= 0.3 is 6.18 Å². The number of ether oxygens (including phenoxy) is 3. The number of para-hydroxylation sites is 1. The van der Waals surface area contributed by atoms with Crippen LogP contribution in [0.5, 0.6) is 17.2 Å². The normalized spacial score (nSPS) is 11.4. The highest BCUT2D eigenvalue weighted by molar-refractivity contribution is 7.99. The van der Waals surface area contributed by atoms with E-state index in [1.54, 1.807) is 16.7 Å². The Balaban J connectivity index is 1.53. The molecule has 4 aromatic rings. The van der Waals surface area contributed by atoms with Gasteiger partial charge in [-0.05, 0) is 42.0 Å². The van der Waals surface area contributed by atoms with Crippen molar-refractivity contribution >= 4 is 23.9 Å². The summed E-state index contributed by atoms with van der Waals surface area (Å²) in [4.78, 5) is 12.5. The first-order chi connectivity index (χ1) is 19.2. The summed E-state index contributed by atoms with van der Waals surface area (Å²) in [7, 11) is 4.55. The Morgan fingerprint density at radius 1 is 0.975 bits per heavy atom. The summed E-state index contributed by atoms with van der Waals surface area (Å²) in [5, 5.41) is 12.9. The average molecular weight is 572 g/mol. The molecule has 0 aliphatic carbocycles. The zero-order valence-corrected chi connectivity index (χ0v) is 22.4. The van der Waals surface area contributed by atoms with Gasteiger partial charge in [0.2, 0.25) is 5.75 Å². The van der Waals surface area contributed by atoms with Crippen LogP contribution >= 0.6 is 11.8 Å². The minimum atomic E-state index is -4.42. The minimum Gasteiger partial charge on any atom is -0.493 e. The van der Waals surface area contributed by atoms with Crippen LogP contribution in [0.2, 0.25) is 0 Å². The summed E-state index contributed by atoms with van der Waals surface area (Å²) in [5.74, 6) is 1.31. The lowest BCUT2D eigenvalue weighted by Gasteiger charge is -2.15.